The normalized spacial score (nSPS) is 11.0. The van der Waals surface area contributed by atoms with E-state index in [2.05, 4.69) is 0 Å². The van der Waals surface area contributed by atoms with Crippen LogP contribution in [0.15, 0.2) is 71.5 Å². The number of benzene rings is 3. The number of methoxy groups -OCH3 is 1. The molecule has 6 nitrogen and oxygen atoms in total. The monoisotopic (exact) mass is 493 g/mol. The van der Waals surface area contributed by atoms with Crippen LogP contribution in [0.5, 0.6) is 11.5 Å². The van der Waals surface area contributed by atoms with E-state index in [4.69, 9.17) is 9.47 Å². The number of aromatic nitrogens is 1. The van der Waals surface area contributed by atoms with Gasteiger partial charge in [0.2, 0.25) is 0 Å². The van der Waals surface area contributed by atoms with Crippen molar-refractivity contribution in [2.24, 2.45) is 0 Å². The molecule has 0 saturated carbocycles. The van der Waals surface area contributed by atoms with Gasteiger partial charge in [0.1, 0.15) is 23.4 Å². The van der Waals surface area contributed by atoms with E-state index in [1.54, 1.807) is 25.3 Å². The van der Waals surface area contributed by atoms with Crippen LogP contribution in [0.4, 0.5) is 0 Å². The SMILES string of the molecule is COc1cc(/C=c2\sc(=C(C#N)C#N)n(-c3c(C)cccc3C)c2=O)ccc1OCc1ccccc1. The third-order valence-corrected chi connectivity index (χ3v) is 6.74. The van der Waals surface area contributed by atoms with Crippen LogP contribution in [-0.4, -0.2) is 11.7 Å². The highest BCUT2D eigenvalue weighted by atomic mass is 32.1. The molecule has 0 radical (unpaired) electrons. The fourth-order valence-electron chi connectivity index (χ4n) is 3.91. The van der Waals surface area contributed by atoms with Gasteiger partial charge in [-0.15, -0.1) is 11.3 Å². The Labute approximate surface area is 212 Å². The van der Waals surface area contributed by atoms with Gasteiger partial charge in [-0.25, -0.2) is 0 Å². The molecule has 0 saturated heterocycles. The minimum Gasteiger partial charge on any atom is -0.493 e. The van der Waals surface area contributed by atoms with Gasteiger partial charge in [-0.05, 0) is 54.3 Å². The van der Waals surface area contributed by atoms with Crippen molar-refractivity contribution < 1.29 is 9.47 Å². The van der Waals surface area contributed by atoms with Crippen molar-refractivity contribution in [3.63, 3.8) is 0 Å². The smallest absolute Gasteiger partial charge is 0.273 e. The molecule has 0 aliphatic heterocycles. The standard InChI is InChI=1S/C29H23N3O3S/c1-19-8-7-9-20(2)27(19)32-28(33)26(36-29(32)23(16-30)17-31)15-22-12-13-24(25(14-22)34-3)35-18-21-10-5-4-6-11-21/h4-15H,18H2,1-3H3/b26-15-. The van der Waals surface area contributed by atoms with Crippen LogP contribution in [-0.2, 0) is 6.61 Å². The van der Waals surface area contributed by atoms with Crippen molar-refractivity contribution in [3.8, 4) is 29.3 Å². The zero-order valence-corrected chi connectivity index (χ0v) is 20.9. The summed E-state index contributed by atoms with van der Waals surface area (Å²) in [6.45, 7) is 4.20. The minimum absolute atomic E-state index is 0.110. The van der Waals surface area contributed by atoms with E-state index in [0.29, 0.717) is 33.0 Å². The van der Waals surface area contributed by atoms with Crippen LogP contribution in [0.2, 0.25) is 0 Å². The lowest BCUT2D eigenvalue weighted by Crippen LogP contribution is -2.31. The number of aryl methyl sites for hydroxylation is 2. The molecule has 1 heterocycles. The van der Waals surface area contributed by atoms with E-state index < -0.39 is 0 Å². The van der Waals surface area contributed by atoms with E-state index in [9.17, 15) is 15.3 Å². The molecule has 4 aromatic rings. The summed E-state index contributed by atoms with van der Waals surface area (Å²) in [5.41, 5.74) is 3.79. The summed E-state index contributed by atoms with van der Waals surface area (Å²) in [6, 6.07) is 24.8. The van der Waals surface area contributed by atoms with Gasteiger partial charge in [0.25, 0.3) is 5.56 Å². The molecule has 0 amide bonds. The van der Waals surface area contributed by atoms with Crippen LogP contribution in [0.25, 0.3) is 17.3 Å². The molecule has 1 aromatic heterocycles. The fraction of sp³-hybridized carbons (Fsp3) is 0.138. The third-order valence-electron chi connectivity index (χ3n) is 5.65. The van der Waals surface area contributed by atoms with Crippen molar-refractivity contribution >= 4 is 23.0 Å². The van der Waals surface area contributed by atoms with Gasteiger partial charge >= 0.3 is 0 Å². The van der Waals surface area contributed by atoms with Gasteiger partial charge in [-0.3, -0.25) is 9.36 Å². The molecule has 0 fully saturated rings. The molecule has 178 valence electrons. The molecule has 0 aliphatic rings. The number of hydrogen-bond donors (Lipinski definition) is 0. The maximum atomic E-state index is 13.6. The first-order valence-corrected chi connectivity index (χ1v) is 12.0. The molecule has 0 aliphatic carbocycles. The summed E-state index contributed by atoms with van der Waals surface area (Å²) in [5, 5.41) is 19.1. The highest BCUT2D eigenvalue weighted by Gasteiger charge is 2.15. The number of nitriles is 2. The Balaban J connectivity index is 1.83. The fourth-order valence-corrected chi connectivity index (χ4v) is 4.95. The third kappa shape index (κ3) is 4.93. The molecule has 0 bridgehead atoms. The lowest BCUT2D eigenvalue weighted by Gasteiger charge is -2.11. The van der Waals surface area contributed by atoms with E-state index >= 15 is 0 Å². The first-order chi connectivity index (χ1) is 17.5. The summed E-state index contributed by atoms with van der Waals surface area (Å²) in [6.07, 6.45) is 1.73. The lowest BCUT2D eigenvalue weighted by atomic mass is 10.1. The molecule has 36 heavy (non-hydrogen) atoms. The van der Waals surface area contributed by atoms with Gasteiger partial charge in [0, 0.05) is 0 Å². The second kappa shape index (κ2) is 10.8. The summed E-state index contributed by atoms with van der Waals surface area (Å²) in [4.78, 5) is 13.6. The van der Waals surface area contributed by atoms with Crippen molar-refractivity contribution in [3.05, 3.63) is 109 Å². The van der Waals surface area contributed by atoms with Gasteiger partial charge in [-0.2, -0.15) is 10.5 Å². The average Bonchev–Trinajstić information content (AvgIpc) is 3.19. The molecule has 7 heteroatoms. The Kier molecular flexibility index (Phi) is 7.34. The molecule has 0 N–H and O–H groups in total. The van der Waals surface area contributed by atoms with E-state index in [0.717, 1.165) is 33.6 Å². The zero-order chi connectivity index (χ0) is 25.7. The number of para-hydroxylation sites is 1. The number of hydrogen-bond acceptors (Lipinski definition) is 6. The predicted molar refractivity (Wildman–Crippen MR) is 141 cm³/mol. The Bertz CT molecular complexity index is 1650. The number of rotatable bonds is 6. The van der Waals surface area contributed by atoms with E-state index in [-0.39, 0.29) is 11.1 Å². The van der Waals surface area contributed by atoms with Crippen LogP contribution in [0.3, 0.4) is 0 Å². The molecule has 0 spiro atoms. The quantitative estimate of drug-likeness (QED) is 0.403. The van der Waals surface area contributed by atoms with Crippen molar-refractivity contribution in [2.75, 3.05) is 7.11 Å². The largest absolute Gasteiger partial charge is 0.493 e. The van der Waals surface area contributed by atoms with Crippen LogP contribution in [0, 0.1) is 36.5 Å². The Morgan fingerprint density at radius 1 is 0.972 bits per heavy atom. The molecule has 4 rings (SSSR count). The Hall–Kier alpha value is -4.59. The predicted octanol–water partition coefficient (Wildman–Crippen LogP) is 4.13. The Morgan fingerprint density at radius 2 is 1.67 bits per heavy atom. The summed E-state index contributed by atoms with van der Waals surface area (Å²) in [5.74, 6) is 1.12. The number of thiazole rings is 1. The number of nitrogens with zero attached hydrogens (tertiary/aromatic N) is 3. The van der Waals surface area contributed by atoms with Crippen LogP contribution < -0.4 is 24.2 Å². The van der Waals surface area contributed by atoms with Crippen LogP contribution >= 0.6 is 11.3 Å². The summed E-state index contributed by atoms with van der Waals surface area (Å²) >= 11 is 1.12. The minimum atomic E-state index is -0.293. The topological polar surface area (TPSA) is 88.0 Å². The highest BCUT2D eigenvalue weighted by molar-refractivity contribution is 7.07. The molecular weight excluding hydrogens is 470 g/mol. The first kappa shape index (κ1) is 24.5. The summed E-state index contributed by atoms with van der Waals surface area (Å²) < 4.78 is 13.6. The first-order valence-electron chi connectivity index (χ1n) is 11.2. The second-order valence-corrected chi connectivity index (χ2v) is 9.11. The van der Waals surface area contributed by atoms with Crippen molar-refractivity contribution in [1.29, 1.82) is 10.5 Å². The van der Waals surface area contributed by atoms with Gasteiger partial charge < -0.3 is 9.47 Å². The van der Waals surface area contributed by atoms with E-state index in [1.807, 2.05) is 80.6 Å². The highest BCUT2D eigenvalue weighted by Crippen LogP contribution is 2.29. The Morgan fingerprint density at radius 3 is 2.31 bits per heavy atom. The molecule has 3 aromatic carbocycles. The molecule has 0 unspecified atom stereocenters. The number of ether oxygens (including phenoxy) is 2. The maximum Gasteiger partial charge on any atom is 0.273 e. The maximum absolute atomic E-state index is 13.6. The van der Waals surface area contributed by atoms with Crippen molar-refractivity contribution in [2.45, 2.75) is 20.5 Å². The van der Waals surface area contributed by atoms with Crippen LogP contribution in [0.1, 0.15) is 22.3 Å². The molecule has 0 atom stereocenters. The zero-order valence-electron chi connectivity index (χ0n) is 20.1. The van der Waals surface area contributed by atoms with Gasteiger partial charge in [-0.1, -0.05) is 54.6 Å². The lowest BCUT2D eigenvalue weighted by molar-refractivity contribution is 0.284. The van der Waals surface area contributed by atoms with E-state index in [1.165, 1.54) is 4.57 Å². The van der Waals surface area contributed by atoms with Gasteiger partial charge in [0.05, 0.1) is 17.3 Å². The average molecular weight is 494 g/mol. The van der Waals surface area contributed by atoms with Gasteiger partial charge in [0.15, 0.2) is 17.1 Å². The van der Waals surface area contributed by atoms with Crippen molar-refractivity contribution in [1.82, 2.24) is 4.57 Å². The summed E-state index contributed by atoms with van der Waals surface area (Å²) in [7, 11) is 1.56. The second-order valence-electron chi connectivity index (χ2n) is 8.08. The molecular formula is C29H23N3O3S.